The van der Waals surface area contributed by atoms with Gasteiger partial charge in [0, 0.05) is 27.9 Å². The van der Waals surface area contributed by atoms with E-state index in [9.17, 15) is 0 Å². The highest BCUT2D eigenvalue weighted by molar-refractivity contribution is 6.32. The third-order valence-electron chi connectivity index (χ3n) is 8.80. The summed E-state index contributed by atoms with van der Waals surface area (Å²) in [4.78, 5) is 2.37. The Hall–Kier alpha value is -4.04. The van der Waals surface area contributed by atoms with Crippen molar-refractivity contribution in [3.63, 3.8) is 0 Å². The lowest BCUT2D eigenvalue weighted by molar-refractivity contribution is 0.660. The molecule has 0 bridgehead atoms. The van der Waals surface area contributed by atoms with Crippen LogP contribution in [0.2, 0.25) is 0 Å². The fourth-order valence-corrected chi connectivity index (χ4v) is 6.73. The molecule has 2 radical (unpaired) electrons. The zero-order valence-electron chi connectivity index (χ0n) is 22.4. The largest absolute Gasteiger partial charge is 0.310 e. The van der Waals surface area contributed by atoms with E-state index in [1.165, 1.54) is 44.5 Å². The van der Waals surface area contributed by atoms with E-state index in [0.717, 1.165) is 22.5 Å². The third-order valence-corrected chi connectivity index (χ3v) is 8.80. The second kappa shape index (κ2) is 7.98. The Morgan fingerprint density at radius 3 is 1.32 bits per heavy atom. The zero-order chi connectivity index (χ0) is 26.2. The molecule has 0 atom stereocenters. The average Bonchev–Trinajstić information content (AvgIpc) is 3.30. The van der Waals surface area contributed by atoms with Crippen molar-refractivity contribution in [2.45, 2.75) is 38.5 Å². The lowest BCUT2D eigenvalue weighted by Crippen LogP contribution is -2.18. The maximum absolute atomic E-state index is 6.10. The molecule has 0 N–H and O–H groups in total. The van der Waals surface area contributed by atoms with Crippen LogP contribution in [0.1, 0.15) is 49.9 Å². The quantitative estimate of drug-likeness (QED) is 0.231. The van der Waals surface area contributed by atoms with Crippen LogP contribution in [0.4, 0.5) is 17.1 Å². The molecule has 2 aliphatic carbocycles. The van der Waals surface area contributed by atoms with Crippen LogP contribution in [0.15, 0.2) is 109 Å². The fourth-order valence-electron chi connectivity index (χ4n) is 6.73. The number of fused-ring (bicyclic) bond motifs is 6. The van der Waals surface area contributed by atoms with Gasteiger partial charge in [0.25, 0.3) is 0 Å². The first-order chi connectivity index (χ1) is 18.3. The Kier molecular flexibility index (Phi) is 4.85. The van der Waals surface area contributed by atoms with E-state index in [-0.39, 0.29) is 10.8 Å². The number of hydrogen-bond donors (Lipinski definition) is 0. The molecule has 0 unspecified atom stereocenters. The summed E-state index contributed by atoms with van der Waals surface area (Å²) in [6, 6.07) is 39.8. The summed E-state index contributed by atoms with van der Waals surface area (Å²) in [5.74, 6) is 0. The molecule has 2 aliphatic rings. The molecule has 2 heteroatoms. The van der Waals surface area contributed by atoms with E-state index in [1.54, 1.807) is 0 Å². The Morgan fingerprint density at radius 1 is 0.447 bits per heavy atom. The molecule has 5 aromatic rings. The molecule has 0 saturated heterocycles. The molecule has 0 spiro atoms. The summed E-state index contributed by atoms with van der Waals surface area (Å²) in [6.45, 7) is 9.35. The maximum Gasteiger partial charge on any atom is 0.113 e. The van der Waals surface area contributed by atoms with Crippen molar-refractivity contribution in [3.8, 4) is 22.3 Å². The van der Waals surface area contributed by atoms with Gasteiger partial charge in [0.1, 0.15) is 7.85 Å². The van der Waals surface area contributed by atoms with Crippen LogP contribution in [0.3, 0.4) is 0 Å². The van der Waals surface area contributed by atoms with Gasteiger partial charge in [0.15, 0.2) is 0 Å². The lowest BCUT2D eigenvalue weighted by atomic mass is 9.82. The number of rotatable bonds is 3. The van der Waals surface area contributed by atoms with E-state index in [2.05, 4.69) is 130 Å². The van der Waals surface area contributed by atoms with Gasteiger partial charge < -0.3 is 4.90 Å². The molecule has 0 heterocycles. The molecular weight excluding hydrogens is 457 g/mol. The Labute approximate surface area is 227 Å². The second-order valence-electron chi connectivity index (χ2n) is 11.7. The highest BCUT2D eigenvalue weighted by Gasteiger charge is 2.37. The SMILES string of the molecule is [B]c1ccc(N(c2ccc3c(c2)C(C)(C)c2ccccc2-3)c2ccc3c(c2)C(C)(C)c2ccccc2-3)cc1. The van der Waals surface area contributed by atoms with Crippen molar-refractivity contribution >= 4 is 30.4 Å². The minimum Gasteiger partial charge on any atom is -0.310 e. The molecule has 0 amide bonds. The predicted octanol–water partition coefficient (Wildman–Crippen LogP) is 8.56. The van der Waals surface area contributed by atoms with Gasteiger partial charge in [0.05, 0.1) is 0 Å². The Morgan fingerprint density at radius 2 is 0.842 bits per heavy atom. The summed E-state index contributed by atoms with van der Waals surface area (Å²) < 4.78 is 0. The lowest BCUT2D eigenvalue weighted by Gasteiger charge is -2.29. The molecule has 38 heavy (non-hydrogen) atoms. The molecule has 7 rings (SSSR count). The summed E-state index contributed by atoms with van der Waals surface area (Å²) in [5.41, 5.74) is 14.9. The minimum atomic E-state index is -0.0592. The molecular formula is C36H30BN. The third kappa shape index (κ3) is 3.19. The molecule has 5 aromatic carbocycles. The molecule has 182 valence electrons. The van der Waals surface area contributed by atoms with Crippen LogP contribution in [-0.4, -0.2) is 7.85 Å². The van der Waals surface area contributed by atoms with Crippen LogP contribution < -0.4 is 10.4 Å². The van der Waals surface area contributed by atoms with Crippen molar-refractivity contribution in [1.82, 2.24) is 0 Å². The van der Waals surface area contributed by atoms with Crippen molar-refractivity contribution < 1.29 is 0 Å². The number of benzene rings is 5. The highest BCUT2D eigenvalue weighted by atomic mass is 15.1. The van der Waals surface area contributed by atoms with Gasteiger partial charge in [0.2, 0.25) is 0 Å². The summed E-state index contributed by atoms with van der Waals surface area (Å²) in [7, 11) is 6.10. The van der Waals surface area contributed by atoms with Crippen molar-refractivity contribution in [1.29, 1.82) is 0 Å². The van der Waals surface area contributed by atoms with Gasteiger partial charge in [-0.15, -0.1) is 0 Å². The zero-order valence-corrected chi connectivity index (χ0v) is 22.4. The summed E-state index contributed by atoms with van der Waals surface area (Å²) in [6.07, 6.45) is 0. The predicted molar refractivity (Wildman–Crippen MR) is 162 cm³/mol. The van der Waals surface area contributed by atoms with Gasteiger partial charge >= 0.3 is 0 Å². The number of hydrogen-bond acceptors (Lipinski definition) is 1. The molecule has 0 fully saturated rings. The van der Waals surface area contributed by atoms with Gasteiger partial charge in [-0.1, -0.05) is 106 Å². The summed E-state index contributed by atoms with van der Waals surface area (Å²) in [5, 5.41) is 0. The molecule has 0 aromatic heterocycles. The first-order valence-corrected chi connectivity index (χ1v) is 13.4. The Balaban J connectivity index is 1.42. The molecule has 1 nitrogen and oxygen atoms in total. The maximum atomic E-state index is 6.10. The first-order valence-electron chi connectivity index (χ1n) is 13.4. The average molecular weight is 487 g/mol. The molecule has 0 saturated carbocycles. The topological polar surface area (TPSA) is 3.24 Å². The Bertz CT molecular complexity index is 1620. The first kappa shape index (κ1) is 23.1. The summed E-state index contributed by atoms with van der Waals surface area (Å²) >= 11 is 0. The highest BCUT2D eigenvalue weighted by Crippen LogP contribution is 2.52. The molecule has 0 aliphatic heterocycles. The second-order valence-corrected chi connectivity index (χ2v) is 11.7. The number of nitrogens with zero attached hydrogens (tertiary/aromatic N) is 1. The van der Waals surface area contributed by atoms with Gasteiger partial charge in [-0.25, -0.2) is 0 Å². The van der Waals surface area contributed by atoms with Crippen molar-refractivity contribution in [2.24, 2.45) is 0 Å². The van der Waals surface area contributed by atoms with Gasteiger partial charge in [-0.2, -0.15) is 0 Å². The normalized spacial score (nSPS) is 15.4. The number of anilines is 3. The van der Waals surface area contributed by atoms with Crippen LogP contribution in [0, 0.1) is 0 Å². The smallest absolute Gasteiger partial charge is 0.113 e. The van der Waals surface area contributed by atoms with E-state index in [1.807, 2.05) is 12.1 Å². The monoisotopic (exact) mass is 487 g/mol. The van der Waals surface area contributed by atoms with E-state index >= 15 is 0 Å². The van der Waals surface area contributed by atoms with E-state index in [4.69, 9.17) is 7.85 Å². The standard InChI is InChI=1S/C36H30BN/c1-35(2)31-11-7-5-9-27(31)29-19-17-25(21-33(29)35)38(24-15-13-23(37)14-16-24)26-18-20-30-28-10-6-8-12-32(28)36(3,4)34(30)22-26/h5-22H,1-4H3. The van der Waals surface area contributed by atoms with E-state index < -0.39 is 0 Å². The van der Waals surface area contributed by atoms with Crippen LogP contribution >= 0.6 is 0 Å². The van der Waals surface area contributed by atoms with Crippen LogP contribution in [0.5, 0.6) is 0 Å². The van der Waals surface area contributed by atoms with E-state index in [0.29, 0.717) is 0 Å². The van der Waals surface area contributed by atoms with Crippen LogP contribution in [0.25, 0.3) is 22.3 Å². The van der Waals surface area contributed by atoms with Gasteiger partial charge in [-0.3, -0.25) is 0 Å². The van der Waals surface area contributed by atoms with Gasteiger partial charge in [-0.05, 0) is 80.9 Å². The fraction of sp³-hybridized carbons (Fsp3) is 0.167. The van der Waals surface area contributed by atoms with Crippen molar-refractivity contribution in [2.75, 3.05) is 4.90 Å². The van der Waals surface area contributed by atoms with Crippen LogP contribution in [-0.2, 0) is 10.8 Å². The minimum absolute atomic E-state index is 0.0592. The van der Waals surface area contributed by atoms with Crippen molar-refractivity contribution in [3.05, 3.63) is 131 Å².